The molecule has 0 aliphatic carbocycles. The van der Waals surface area contributed by atoms with Crippen molar-refractivity contribution < 1.29 is 9.18 Å². The lowest BCUT2D eigenvalue weighted by molar-refractivity contribution is 0.0968. The largest absolute Gasteiger partial charge is 0.292 e. The van der Waals surface area contributed by atoms with Gasteiger partial charge in [-0.25, -0.2) is 4.39 Å². The fraction of sp³-hybridized carbons (Fsp3) is 0.222. The van der Waals surface area contributed by atoms with Crippen molar-refractivity contribution >= 4 is 5.78 Å². The molecule has 0 aromatic heterocycles. The van der Waals surface area contributed by atoms with Crippen molar-refractivity contribution in [2.24, 2.45) is 5.18 Å². The van der Waals surface area contributed by atoms with Crippen molar-refractivity contribution in [2.75, 3.05) is 0 Å². The summed E-state index contributed by atoms with van der Waals surface area (Å²) in [7, 11) is 0. The molecule has 0 bridgehead atoms. The van der Waals surface area contributed by atoms with Crippen LogP contribution in [0.3, 0.4) is 0 Å². The molecule has 0 saturated heterocycles. The second-order valence-electron chi connectivity index (χ2n) is 2.65. The highest BCUT2D eigenvalue weighted by Gasteiger charge is 2.14. The van der Waals surface area contributed by atoms with Crippen LogP contribution in [0.5, 0.6) is 0 Å². The smallest absolute Gasteiger partial charge is 0.190 e. The van der Waals surface area contributed by atoms with Gasteiger partial charge in [-0.15, -0.1) is 0 Å². The van der Waals surface area contributed by atoms with Crippen molar-refractivity contribution in [3.8, 4) is 0 Å². The summed E-state index contributed by atoms with van der Waals surface area (Å²) in [6, 6.07) is 4.10. The number of rotatable bonds is 3. The summed E-state index contributed by atoms with van der Waals surface area (Å²) in [5.74, 6) is -0.807. The molecule has 68 valence electrons. The Morgan fingerprint density at radius 3 is 2.38 bits per heavy atom. The third-order valence-electron chi connectivity index (χ3n) is 1.67. The molecule has 0 radical (unpaired) electrons. The maximum atomic E-state index is 12.4. The molecule has 13 heavy (non-hydrogen) atoms. The highest BCUT2D eigenvalue weighted by Crippen LogP contribution is 2.07. The molecule has 0 N–H and O–H groups in total. The normalized spacial score (nSPS) is 12.2. The molecule has 0 amide bonds. The first-order valence-corrected chi connectivity index (χ1v) is 3.77. The lowest BCUT2D eigenvalue weighted by Gasteiger charge is -2.00. The topological polar surface area (TPSA) is 46.5 Å². The van der Waals surface area contributed by atoms with Crippen LogP contribution in [0.25, 0.3) is 0 Å². The van der Waals surface area contributed by atoms with Crippen LogP contribution < -0.4 is 0 Å². The minimum Gasteiger partial charge on any atom is -0.292 e. The van der Waals surface area contributed by atoms with Crippen molar-refractivity contribution in [1.29, 1.82) is 0 Å². The van der Waals surface area contributed by atoms with Crippen LogP contribution >= 0.6 is 0 Å². The minimum atomic E-state index is -0.912. The van der Waals surface area contributed by atoms with Crippen LogP contribution in [-0.4, -0.2) is 11.8 Å². The van der Waals surface area contributed by atoms with E-state index in [0.29, 0.717) is 5.56 Å². The van der Waals surface area contributed by atoms with Gasteiger partial charge in [-0.1, -0.05) is 5.18 Å². The number of hydrogen-bond acceptors (Lipinski definition) is 3. The summed E-state index contributed by atoms with van der Waals surface area (Å²) in [4.78, 5) is 21.3. The lowest BCUT2D eigenvalue weighted by Crippen LogP contribution is -2.13. The van der Waals surface area contributed by atoms with Gasteiger partial charge >= 0.3 is 0 Å². The van der Waals surface area contributed by atoms with Gasteiger partial charge in [-0.3, -0.25) is 4.79 Å². The summed E-state index contributed by atoms with van der Waals surface area (Å²) < 4.78 is 12.4. The third-order valence-corrected chi connectivity index (χ3v) is 1.67. The van der Waals surface area contributed by atoms with Crippen molar-refractivity contribution in [3.05, 3.63) is 40.6 Å². The molecule has 0 saturated carbocycles. The summed E-state index contributed by atoms with van der Waals surface area (Å²) in [5, 5.41) is 2.59. The fourth-order valence-corrected chi connectivity index (χ4v) is 0.903. The average Bonchev–Trinajstić information content (AvgIpc) is 2.17. The van der Waals surface area contributed by atoms with E-state index in [2.05, 4.69) is 5.18 Å². The molecule has 0 fully saturated rings. The Hall–Kier alpha value is -1.58. The molecular formula is C9H8FNO2. The predicted octanol–water partition coefficient (Wildman–Crippen LogP) is 2.16. The first-order chi connectivity index (χ1) is 6.15. The Labute approximate surface area is 74.5 Å². The third kappa shape index (κ3) is 2.18. The zero-order valence-electron chi connectivity index (χ0n) is 7.03. The summed E-state index contributed by atoms with van der Waals surface area (Å²) >= 11 is 0. The summed E-state index contributed by atoms with van der Waals surface area (Å²) in [6.45, 7) is 1.40. The van der Waals surface area contributed by atoms with Crippen LogP contribution in [0.4, 0.5) is 4.39 Å². The molecule has 3 nitrogen and oxygen atoms in total. The van der Waals surface area contributed by atoms with Gasteiger partial charge in [-0.05, 0) is 31.2 Å². The fourth-order valence-electron chi connectivity index (χ4n) is 0.903. The highest BCUT2D eigenvalue weighted by molar-refractivity contribution is 5.99. The average molecular weight is 181 g/mol. The van der Waals surface area contributed by atoms with Gasteiger partial charge in [0.05, 0.1) is 0 Å². The Morgan fingerprint density at radius 2 is 1.92 bits per heavy atom. The van der Waals surface area contributed by atoms with Crippen LogP contribution in [0.1, 0.15) is 17.3 Å². The minimum absolute atomic E-state index is 0.300. The number of halogens is 1. The number of carbonyl (C=O) groups excluding carboxylic acids is 1. The van der Waals surface area contributed by atoms with E-state index < -0.39 is 17.6 Å². The van der Waals surface area contributed by atoms with E-state index in [1.165, 1.54) is 31.2 Å². The van der Waals surface area contributed by atoms with Crippen molar-refractivity contribution in [1.82, 2.24) is 0 Å². The van der Waals surface area contributed by atoms with E-state index in [1.807, 2.05) is 0 Å². The molecule has 0 heterocycles. The molecule has 1 aromatic carbocycles. The van der Waals surface area contributed by atoms with Crippen molar-refractivity contribution in [3.63, 3.8) is 0 Å². The molecule has 0 aliphatic heterocycles. The molecule has 0 spiro atoms. The van der Waals surface area contributed by atoms with Crippen LogP contribution in [0.15, 0.2) is 29.4 Å². The molecule has 0 aliphatic rings. The summed E-state index contributed by atoms with van der Waals surface area (Å²) in [6.07, 6.45) is 0. The Balaban J connectivity index is 2.89. The van der Waals surface area contributed by atoms with Crippen molar-refractivity contribution in [2.45, 2.75) is 13.0 Å². The zero-order chi connectivity index (χ0) is 9.84. The van der Waals surface area contributed by atoms with Crippen LogP contribution in [0, 0.1) is 10.7 Å². The Kier molecular flexibility index (Phi) is 2.84. The predicted molar refractivity (Wildman–Crippen MR) is 46.0 cm³/mol. The number of carbonyl (C=O) groups is 1. The first-order valence-electron chi connectivity index (χ1n) is 3.77. The zero-order valence-corrected chi connectivity index (χ0v) is 7.03. The number of ketones is 1. The van der Waals surface area contributed by atoms with Crippen LogP contribution in [-0.2, 0) is 0 Å². The Bertz CT molecular complexity index is 321. The van der Waals surface area contributed by atoms with Gasteiger partial charge in [0.2, 0.25) is 0 Å². The quantitative estimate of drug-likeness (QED) is 0.529. The molecule has 1 aromatic rings. The summed E-state index contributed by atoms with van der Waals surface area (Å²) in [5.41, 5.74) is 0.300. The van der Waals surface area contributed by atoms with E-state index in [4.69, 9.17) is 0 Å². The molecule has 1 unspecified atom stereocenters. The van der Waals surface area contributed by atoms with Crippen LogP contribution in [0.2, 0.25) is 0 Å². The van der Waals surface area contributed by atoms with Gasteiger partial charge < -0.3 is 0 Å². The number of Topliss-reactive ketones (excluding diaryl/α,β-unsaturated/α-hetero) is 1. The number of benzene rings is 1. The van der Waals surface area contributed by atoms with Gasteiger partial charge in [0.1, 0.15) is 5.82 Å². The van der Waals surface area contributed by atoms with Gasteiger partial charge in [0.15, 0.2) is 11.8 Å². The first kappa shape index (κ1) is 9.51. The van der Waals surface area contributed by atoms with Gasteiger partial charge in [0, 0.05) is 5.56 Å². The molecule has 1 atom stereocenters. The second-order valence-corrected chi connectivity index (χ2v) is 2.65. The van der Waals surface area contributed by atoms with E-state index in [9.17, 15) is 14.1 Å². The Morgan fingerprint density at radius 1 is 1.38 bits per heavy atom. The maximum Gasteiger partial charge on any atom is 0.190 e. The maximum absolute atomic E-state index is 12.4. The second kappa shape index (κ2) is 3.89. The van der Waals surface area contributed by atoms with E-state index in [-0.39, 0.29) is 0 Å². The molecular weight excluding hydrogens is 173 g/mol. The number of nitroso groups, excluding NO2 is 1. The standard InChI is InChI=1S/C9H8FNO2/c1-6(11-13)9(12)7-2-4-8(10)5-3-7/h2-6H,1H3. The number of hydrogen-bond donors (Lipinski definition) is 0. The lowest BCUT2D eigenvalue weighted by atomic mass is 10.1. The van der Waals surface area contributed by atoms with E-state index >= 15 is 0 Å². The SMILES string of the molecule is CC(N=O)C(=O)c1ccc(F)cc1. The molecule has 4 heteroatoms. The van der Waals surface area contributed by atoms with E-state index in [0.717, 1.165) is 0 Å². The van der Waals surface area contributed by atoms with Gasteiger partial charge in [0.25, 0.3) is 0 Å². The highest BCUT2D eigenvalue weighted by atomic mass is 19.1. The number of nitrogens with zero attached hydrogens (tertiary/aromatic N) is 1. The van der Waals surface area contributed by atoms with Gasteiger partial charge in [-0.2, -0.15) is 4.91 Å². The van der Waals surface area contributed by atoms with E-state index in [1.54, 1.807) is 0 Å². The monoisotopic (exact) mass is 181 g/mol. The molecule has 1 rings (SSSR count).